The second-order valence-electron chi connectivity index (χ2n) is 8.53. The average molecular weight is 543 g/mol. The Morgan fingerprint density at radius 2 is 1.90 bits per heavy atom. The first-order chi connectivity index (χ1) is 14.6. The molecule has 2 aliphatic rings. The molecule has 0 radical (unpaired) electrons. The summed E-state index contributed by atoms with van der Waals surface area (Å²) in [6, 6.07) is 11.1. The maximum atomic E-state index is 11.3. The van der Waals surface area contributed by atoms with Crippen molar-refractivity contribution in [2.45, 2.75) is 39.2 Å². The van der Waals surface area contributed by atoms with E-state index in [1.54, 1.807) is 0 Å². The highest BCUT2D eigenvalue weighted by molar-refractivity contribution is 14.0. The fourth-order valence-corrected chi connectivity index (χ4v) is 4.53. The molecule has 2 saturated heterocycles. The lowest BCUT2D eigenvalue weighted by molar-refractivity contribution is -0.119. The van der Waals surface area contributed by atoms with E-state index in [1.807, 2.05) is 0 Å². The summed E-state index contributed by atoms with van der Waals surface area (Å²) in [7, 11) is 0. The Labute approximate surface area is 204 Å². The van der Waals surface area contributed by atoms with E-state index < -0.39 is 0 Å². The molecule has 2 unspecified atom stereocenters. The van der Waals surface area contributed by atoms with Crippen LogP contribution < -0.4 is 16.0 Å². The van der Waals surface area contributed by atoms with Gasteiger partial charge in [0, 0.05) is 64.0 Å². The van der Waals surface area contributed by atoms with Gasteiger partial charge in [0.2, 0.25) is 5.91 Å². The van der Waals surface area contributed by atoms with Gasteiger partial charge in [-0.3, -0.25) is 14.7 Å². The van der Waals surface area contributed by atoms with Gasteiger partial charge < -0.3 is 20.9 Å². The van der Waals surface area contributed by atoms with Crippen LogP contribution in [0.15, 0.2) is 35.3 Å². The molecule has 0 aliphatic carbocycles. The number of piperidine rings is 1. The van der Waals surface area contributed by atoms with Crippen LogP contribution >= 0.6 is 24.0 Å². The monoisotopic (exact) mass is 542 g/mol. The Balaban J connectivity index is 0.00000341. The summed E-state index contributed by atoms with van der Waals surface area (Å²) in [6.45, 7) is 12.1. The van der Waals surface area contributed by atoms with Crippen LogP contribution in [0.1, 0.15) is 33.1 Å². The number of amides is 1. The van der Waals surface area contributed by atoms with Gasteiger partial charge in [0.1, 0.15) is 0 Å². The largest absolute Gasteiger partial charge is 0.370 e. The second kappa shape index (κ2) is 13.1. The third-order valence-corrected chi connectivity index (χ3v) is 6.21. The highest BCUT2D eigenvalue weighted by atomic mass is 127. The number of piperazine rings is 1. The molecule has 31 heavy (non-hydrogen) atoms. The van der Waals surface area contributed by atoms with Gasteiger partial charge in [0.25, 0.3) is 0 Å². The van der Waals surface area contributed by atoms with Crippen molar-refractivity contribution in [3.63, 3.8) is 0 Å². The SMILES string of the molecule is CCNC(=NCC(C)N1CCN(c2ccccc2)CC1)N1CCCC(CC(N)=O)C1.I. The number of nitrogens with two attached hydrogens (primary N) is 1. The molecule has 8 heteroatoms. The Morgan fingerprint density at radius 1 is 1.19 bits per heavy atom. The van der Waals surface area contributed by atoms with E-state index in [4.69, 9.17) is 10.7 Å². The van der Waals surface area contributed by atoms with Crippen LogP contribution in [0, 0.1) is 5.92 Å². The number of carbonyl (C=O) groups excluding carboxylic acids is 1. The molecule has 1 amide bonds. The number of primary amides is 1. The molecular formula is C23H39IN6O. The van der Waals surface area contributed by atoms with E-state index >= 15 is 0 Å². The summed E-state index contributed by atoms with van der Waals surface area (Å²) in [6.07, 6.45) is 2.62. The van der Waals surface area contributed by atoms with Crippen molar-refractivity contribution < 1.29 is 4.79 Å². The van der Waals surface area contributed by atoms with Crippen molar-refractivity contribution in [3.8, 4) is 0 Å². The summed E-state index contributed by atoms with van der Waals surface area (Å²) < 4.78 is 0. The fourth-order valence-electron chi connectivity index (χ4n) is 4.53. The van der Waals surface area contributed by atoms with Crippen LogP contribution in [0.5, 0.6) is 0 Å². The third-order valence-electron chi connectivity index (χ3n) is 6.21. The number of nitrogens with zero attached hydrogens (tertiary/aromatic N) is 4. The summed E-state index contributed by atoms with van der Waals surface area (Å²) >= 11 is 0. The van der Waals surface area contributed by atoms with E-state index in [0.29, 0.717) is 18.4 Å². The van der Waals surface area contributed by atoms with Crippen molar-refractivity contribution in [2.24, 2.45) is 16.6 Å². The van der Waals surface area contributed by atoms with Crippen molar-refractivity contribution in [3.05, 3.63) is 30.3 Å². The van der Waals surface area contributed by atoms with Gasteiger partial charge >= 0.3 is 0 Å². The van der Waals surface area contributed by atoms with Gasteiger partial charge in [0.15, 0.2) is 5.96 Å². The summed E-state index contributed by atoms with van der Waals surface area (Å²) in [5.74, 6) is 1.11. The Kier molecular flexibility index (Phi) is 10.9. The Hall–Kier alpha value is -1.55. The molecule has 3 rings (SSSR count). The van der Waals surface area contributed by atoms with Crippen molar-refractivity contribution in [2.75, 3.05) is 57.3 Å². The summed E-state index contributed by atoms with van der Waals surface area (Å²) in [5.41, 5.74) is 6.73. The van der Waals surface area contributed by atoms with Crippen LogP contribution in [0.25, 0.3) is 0 Å². The fraction of sp³-hybridized carbons (Fsp3) is 0.652. The number of rotatable bonds is 7. The van der Waals surface area contributed by atoms with Crippen molar-refractivity contribution >= 4 is 41.5 Å². The quantitative estimate of drug-likeness (QED) is 0.315. The van der Waals surface area contributed by atoms with E-state index in [2.05, 4.69) is 64.2 Å². The molecule has 2 atom stereocenters. The van der Waals surface area contributed by atoms with E-state index in [9.17, 15) is 4.79 Å². The number of halogens is 1. The third kappa shape index (κ3) is 7.82. The topological polar surface area (TPSA) is 77.2 Å². The van der Waals surface area contributed by atoms with Gasteiger partial charge in [0.05, 0.1) is 6.54 Å². The van der Waals surface area contributed by atoms with Gasteiger partial charge in [-0.2, -0.15) is 0 Å². The second-order valence-corrected chi connectivity index (χ2v) is 8.53. The number of guanidine groups is 1. The first-order valence-electron chi connectivity index (χ1n) is 11.4. The molecule has 3 N–H and O–H groups in total. The van der Waals surface area contributed by atoms with E-state index in [1.165, 1.54) is 5.69 Å². The summed E-state index contributed by atoms with van der Waals surface area (Å²) in [5, 5.41) is 3.45. The van der Waals surface area contributed by atoms with Crippen molar-refractivity contribution in [1.29, 1.82) is 0 Å². The lowest BCUT2D eigenvalue weighted by atomic mass is 9.95. The zero-order valence-electron chi connectivity index (χ0n) is 19.0. The summed E-state index contributed by atoms with van der Waals surface area (Å²) in [4.78, 5) is 23.6. The minimum absolute atomic E-state index is 0. The molecule has 2 aliphatic heterocycles. The zero-order chi connectivity index (χ0) is 21.3. The number of nitrogens with one attached hydrogen (secondary N) is 1. The number of hydrogen-bond acceptors (Lipinski definition) is 4. The maximum absolute atomic E-state index is 11.3. The minimum Gasteiger partial charge on any atom is -0.370 e. The molecule has 2 fully saturated rings. The predicted octanol–water partition coefficient (Wildman–Crippen LogP) is 2.37. The molecule has 1 aromatic carbocycles. The molecule has 2 heterocycles. The molecule has 1 aromatic rings. The molecule has 0 bridgehead atoms. The van der Waals surface area contributed by atoms with Crippen LogP contribution in [0.2, 0.25) is 0 Å². The normalized spacial score (nSPS) is 21.4. The standard InChI is InChI=1S/C23H38N6O.HI/c1-3-25-23(29-11-7-8-20(18-29)16-22(24)30)26-17-19(2)27-12-14-28(15-13-27)21-9-5-4-6-10-21;/h4-6,9-10,19-20H,3,7-8,11-18H2,1-2H3,(H2,24,30)(H,25,26);1H. The number of aliphatic imine (C=N–C) groups is 1. The molecular weight excluding hydrogens is 503 g/mol. The number of carbonyl (C=O) groups is 1. The smallest absolute Gasteiger partial charge is 0.217 e. The predicted molar refractivity (Wildman–Crippen MR) is 139 cm³/mol. The molecule has 0 aromatic heterocycles. The maximum Gasteiger partial charge on any atom is 0.217 e. The number of hydrogen-bond donors (Lipinski definition) is 2. The minimum atomic E-state index is -0.202. The average Bonchev–Trinajstić information content (AvgIpc) is 2.77. The number of para-hydroxylation sites is 1. The first-order valence-corrected chi connectivity index (χ1v) is 11.4. The lowest BCUT2D eigenvalue weighted by Gasteiger charge is -2.39. The zero-order valence-corrected chi connectivity index (χ0v) is 21.3. The highest BCUT2D eigenvalue weighted by Crippen LogP contribution is 2.20. The van der Waals surface area contributed by atoms with Crippen LogP contribution in [0.4, 0.5) is 5.69 Å². The molecule has 7 nitrogen and oxygen atoms in total. The number of benzene rings is 1. The number of likely N-dealkylation sites (tertiary alicyclic amines) is 1. The van der Waals surface area contributed by atoms with E-state index in [-0.39, 0.29) is 29.9 Å². The molecule has 0 spiro atoms. The van der Waals surface area contributed by atoms with Gasteiger partial charge in [-0.15, -0.1) is 24.0 Å². The molecule has 0 saturated carbocycles. The van der Waals surface area contributed by atoms with Crippen LogP contribution in [-0.4, -0.2) is 80.1 Å². The van der Waals surface area contributed by atoms with Crippen molar-refractivity contribution in [1.82, 2.24) is 15.1 Å². The van der Waals surface area contributed by atoms with Gasteiger partial charge in [-0.05, 0) is 44.7 Å². The Bertz CT molecular complexity index is 693. The van der Waals surface area contributed by atoms with Crippen LogP contribution in [-0.2, 0) is 4.79 Å². The van der Waals surface area contributed by atoms with Crippen LogP contribution in [0.3, 0.4) is 0 Å². The lowest BCUT2D eigenvalue weighted by Crippen LogP contribution is -2.51. The first kappa shape index (κ1) is 25.7. The van der Waals surface area contributed by atoms with Gasteiger partial charge in [-0.25, -0.2) is 0 Å². The molecule has 174 valence electrons. The highest BCUT2D eigenvalue weighted by Gasteiger charge is 2.25. The Morgan fingerprint density at radius 3 is 2.55 bits per heavy atom. The number of anilines is 1. The van der Waals surface area contributed by atoms with E-state index in [0.717, 1.165) is 71.2 Å². The van der Waals surface area contributed by atoms with Gasteiger partial charge in [-0.1, -0.05) is 18.2 Å².